The molecule has 106 valence electrons. The normalized spacial score (nSPS) is 11.3. The van der Waals surface area contributed by atoms with Gasteiger partial charge in [-0.05, 0) is 13.0 Å². The molecular weight excluding hydrogens is 240 g/mol. The highest BCUT2D eigenvalue weighted by Crippen LogP contribution is 2.30. The molecule has 2 nitrogen and oxygen atoms in total. The zero-order chi connectivity index (χ0) is 14.0. The molecule has 0 heterocycles. The Kier molecular flexibility index (Phi) is 9.07. The van der Waals surface area contributed by atoms with Gasteiger partial charge in [-0.25, -0.2) is 4.79 Å². The van der Waals surface area contributed by atoms with Crippen LogP contribution in [0.15, 0.2) is 12.2 Å². The van der Waals surface area contributed by atoms with Crippen LogP contribution in [0.3, 0.4) is 0 Å². The van der Waals surface area contributed by atoms with E-state index >= 15 is 0 Å². The molecule has 0 fully saturated rings. The Bertz CT molecular complexity index is 244. The van der Waals surface area contributed by atoms with E-state index in [-0.39, 0.29) is 5.97 Å². The smallest absolute Gasteiger partial charge is 0.333 e. The van der Waals surface area contributed by atoms with Crippen molar-refractivity contribution in [2.75, 3.05) is 6.61 Å². The van der Waals surface area contributed by atoms with Gasteiger partial charge in [0.1, 0.15) is 0 Å². The standard InChI is InChI=1S/C15H30O2Si/c1-6-10-18(11-7-2,12-8-3)13-9-17-15(16)14(4)5/h4,6-13H2,1-3,5H3. The number of esters is 1. The Labute approximate surface area is 114 Å². The van der Waals surface area contributed by atoms with Crippen molar-refractivity contribution in [2.24, 2.45) is 0 Å². The van der Waals surface area contributed by atoms with Gasteiger partial charge in [-0.15, -0.1) is 0 Å². The maximum atomic E-state index is 11.4. The fourth-order valence-corrected chi connectivity index (χ4v) is 8.04. The number of carbonyl (C=O) groups is 1. The fourth-order valence-electron chi connectivity index (χ4n) is 2.82. The monoisotopic (exact) mass is 270 g/mol. The van der Waals surface area contributed by atoms with Crippen LogP contribution < -0.4 is 0 Å². The molecule has 0 unspecified atom stereocenters. The first-order valence-electron chi connectivity index (χ1n) is 7.34. The molecule has 0 rings (SSSR count). The molecule has 0 radical (unpaired) electrons. The van der Waals surface area contributed by atoms with E-state index < -0.39 is 8.07 Å². The molecule has 0 aliphatic carbocycles. The summed E-state index contributed by atoms with van der Waals surface area (Å²) in [7, 11) is -1.20. The first-order valence-corrected chi connectivity index (χ1v) is 10.2. The summed E-state index contributed by atoms with van der Waals surface area (Å²) in [6.07, 6.45) is 3.79. The number of rotatable bonds is 10. The zero-order valence-corrected chi connectivity index (χ0v) is 13.7. The van der Waals surface area contributed by atoms with Crippen LogP contribution in [0.2, 0.25) is 24.2 Å². The second-order valence-electron chi connectivity index (χ2n) is 5.42. The van der Waals surface area contributed by atoms with Gasteiger partial charge in [0.25, 0.3) is 0 Å². The number of carbonyl (C=O) groups excluding carboxylic acids is 1. The third kappa shape index (κ3) is 6.38. The lowest BCUT2D eigenvalue weighted by Gasteiger charge is -2.31. The van der Waals surface area contributed by atoms with Crippen LogP contribution in [0, 0.1) is 0 Å². The predicted octanol–water partition coefficient (Wildman–Crippen LogP) is 4.78. The van der Waals surface area contributed by atoms with Gasteiger partial charge >= 0.3 is 5.97 Å². The minimum atomic E-state index is -1.20. The highest BCUT2D eigenvalue weighted by molar-refractivity contribution is 6.79. The van der Waals surface area contributed by atoms with Gasteiger partial charge in [0, 0.05) is 5.57 Å². The lowest BCUT2D eigenvalue weighted by molar-refractivity contribution is -0.138. The van der Waals surface area contributed by atoms with E-state index in [0.717, 1.165) is 6.04 Å². The van der Waals surface area contributed by atoms with E-state index in [9.17, 15) is 4.79 Å². The van der Waals surface area contributed by atoms with Gasteiger partial charge in [-0.1, -0.05) is 64.7 Å². The molecule has 0 bridgehead atoms. The Morgan fingerprint density at radius 2 is 1.44 bits per heavy atom. The van der Waals surface area contributed by atoms with Gasteiger partial charge in [-0.2, -0.15) is 0 Å². The number of hydrogen-bond acceptors (Lipinski definition) is 2. The lowest BCUT2D eigenvalue weighted by atomic mass is 10.4. The Morgan fingerprint density at radius 3 is 1.78 bits per heavy atom. The third-order valence-corrected chi connectivity index (χ3v) is 9.50. The highest BCUT2D eigenvalue weighted by atomic mass is 28.3. The van der Waals surface area contributed by atoms with E-state index in [1.54, 1.807) is 6.92 Å². The number of hydrogen-bond donors (Lipinski definition) is 0. The zero-order valence-electron chi connectivity index (χ0n) is 12.7. The number of ether oxygens (including phenoxy) is 1. The summed E-state index contributed by atoms with van der Waals surface area (Å²) in [4.78, 5) is 11.4. The van der Waals surface area contributed by atoms with Crippen LogP contribution in [0.1, 0.15) is 47.0 Å². The molecule has 0 saturated heterocycles. The Balaban J connectivity index is 4.37. The Hall–Kier alpha value is -0.573. The van der Waals surface area contributed by atoms with Crippen molar-refractivity contribution in [2.45, 2.75) is 71.1 Å². The first kappa shape index (κ1) is 17.4. The second kappa shape index (κ2) is 9.37. The van der Waals surface area contributed by atoms with Gasteiger partial charge < -0.3 is 4.74 Å². The van der Waals surface area contributed by atoms with Crippen LogP contribution >= 0.6 is 0 Å². The Morgan fingerprint density at radius 1 is 1.00 bits per heavy atom. The van der Waals surface area contributed by atoms with E-state index in [0.29, 0.717) is 12.2 Å². The van der Waals surface area contributed by atoms with Gasteiger partial charge in [0.2, 0.25) is 0 Å². The molecule has 18 heavy (non-hydrogen) atoms. The van der Waals surface area contributed by atoms with E-state index in [1.807, 2.05) is 0 Å². The van der Waals surface area contributed by atoms with E-state index in [2.05, 4.69) is 27.4 Å². The van der Waals surface area contributed by atoms with Crippen molar-refractivity contribution in [1.82, 2.24) is 0 Å². The summed E-state index contributed by atoms with van der Waals surface area (Å²) < 4.78 is 5.29. The molecule has 0 aliphatic heterocycles. The fraction of sp³-hybridized carbons (Fsp3) is 0.800. The third-order valence-electron chi connectivity index (χ3n) is 3.56. The van der Waals surface area contributed by atoms with Gasteiger partial charge in [0.05, 0.1) is 14.7 Å². The van der Waals surface area contributed by atoms with E-state index in [4.69, 9.17) is 4.74 Å². The largest absolute Gasteiger partial charge is 0.463 e. The summed E-state index contributed by atoms with van der Waals surface area (Å²) >= 11 is 0. The quantitative estimate of drug-likeness (QED) is 0.324. The second-order valence-corrected chi connectivity index (χ2v) is 10.4. The van der Waals surface area contributed by atoms with Gasteiger partial charge in [-0.3, -0.25) is 0 Å². The van der Waals surface area contributed by atoms with Crippen molar-refractivity contribution in [3.63, 3.8) is 0 Å². The SMILES string of the molecule is C=C(C)C(=O)OCC[Si](CCC)(CCC)CCC. The summed E-state index contributed by atoms with van der Waals surface area (Å²) in [6, 6.07) is 5.25. The molecule has 0 saturated carbocycles. The molecule has 0 atom stereocenters. The molecule has 0 aliphatic rings. The molecule has 0 aromatic rings. The van der Waals surface area contributed by atoms with E-state index in [1.165, 1.54) is 37.4 Å². The van der Waals surface area contributed by atoms with Crippen LogP contribution in [0.25, 0.3) is 0 Å². The lowest BCUT2D eigenvalue weighted by Crippen LogP contribution is -2.35. The predicted molar refractivity (Wildman–Crippen MR) is 81.6 cm³/mol. The summed E-state index contributed by atoms with van der Waals surface area (Å²) in [5.41, 5.74) is 0.503. The van der Waals surface area contributed by atoms with Gasteiger partial charge in [0.15, 0.2) is 0 Å². The van der Waals surface area contributed by atoms with Crippen molar-refractivity contribution >= 4 is 14.0 Å². The summed E-state index contributed by atoms with van der Waals surface area (Å²) in [6.45, 7) is 12.7. The first-order chi connectivity index (χ1) is 8.51. The minimum Gasteiger partial charge on any atom is -0.463 e. The highest BCUT2D eigenvalue weighted by Gasteiger charge is 2.29. The van der Waals surface area contributed by atoms with Crippen molar-refractivity contribution in [1.29, 1.82) is 0 Å². The molecular formula is C15H30O2Si. The van der Waals surface area contributed by atoms with Crippen molar-refractivity contribution in [3.8, 4) is 0 Å². The minimum absolute atomic E-state index is 0.234. The average molecular weight is 270 g/mol. The molecule has 3 heteroatoms. The average Bonchev–Trinajstić information content (AvgIpc) is 2.29. The molecule has 0 N–H and O–H groups in total. The van der Waals surface area contributed by atoms with Crippen molar-refractivity contribution < 1.29 is 9.53 Å². The summed E-state index contributed by atoms with van der Waals surface area (Å²) in [5.74, 6) is -0.234. The van der Waals surface area contributed by atoms with Crippen LogP contribution in [0.4, 0.5) is 0 Å². The maximum absolute atomic E-state index is 11.4. The summed E-state index contributed by atoms with van der Waals surface area (Å²) in [5, 5.41) is 0. The van der Waals surface area contributed by atoms with Crippen molar-refractivity contribution in [3.05, 3.63) is 12.2 Å². The van der Waals surface area contributed by atoms with Crippen LogP contribution in [0.5, 0.6) is 0 Å². The van der Waals surface area contributed by atoms with Crippen LogP contribution in [-0.4, -0.2) is 20.7 Å². The topological polar surface area (TPSA) is 26.3 Å². The molecule has 0 spiro atoms. The van der Waals surface area contributed by atoms with Crippen LogP contribution in [-0.2, 0) is 9.53 Å². The molecule has 0 aromatic carbocycles. The molecule has 0 aromatic heterocycles. The molecule has 0 amide bonds. The maximum Gasteiger partial charge on any atom is 0.333 e.